The highest BCUT2D eigenvalue weighted by Crippen LogP contribution is 2.19. The summed E-state index contributed by atoms with van der Waals surface area (Å²) in [5.74, 6) is -0.0583. The highest BCUT2D eigenvalue weighted by molar-refractivity contribution is 9.10. The summed E-state index contributed by atoms with van der Waals surface area (Å²) >= 11 is 3.35. The van der Waals surface area contributed by atoms with E-state index in [-0.39, 0.29) is 11.9 Å². The number of halogens is 1. The van der Waals surface area contributed by atoms with E-state index in [9.17, 15) is 9.59 Å². The van der Waals surface area contributed by atoms with E-state index in [1.54, 1.807) is 17.2 Å². The molecule has 1 aliphatic rings. The number of likely N-dealkylation sites (tertiary alicyclic amines) is 1. The Balaban J connectivity index is 2.01. The number of carbonyl (C=O) groups is 2. The molecule has 0 radical (unpaired) electrons. The van der Waals surface area contributed by atoms with E-state index in [1.165, 1.54) is 0 Å². The molecule has 1 atom stereocenters. The molecule has 2 heterocycles. The van der Waals surface area contributed by atoms with E-state index in [0.717, 1.165) is 17.3 Å². The fourth-order valence-electron chi connectivity index (χ4n) is 2.65. The number of alkyl carbamates (subject to hydrolysis) is 1. The van der Waals surface area contributed by atoms with Crippen LogP contribution < -0.4 is 5.32 Å². The van der Waals surface area contributed by atoms with Crippen molar-refractivity contribution >= 4 is 27.9 Å². The highest BCUT2D eigenvalue weighted by Gasteiger charge is 2.28. The minimum absolute atomic E-state index is 0.0583. The highest BCUT2D eigenvalue weighted by atomic mass is 79.9. The van der Waals surface area contributed by atoms with Crippen LogP contribution in [0.4, 0.5) is 4.79 Å². The summed E-state index contributed by atoms with van der Waals surface area (Å²) in [6, 6.07) is 1.69. The summed E-state index contributed by atoms with van der Waals surface area (Å²) < 4.78 is 6.06. The molecule has 1 aromatic heterocycles. The molecular formula is C17H24BrN3O3. The number of piperidine rings is 1. The summed E-state index contributed by atoms with van der Waals surface area (Å²) in [5, 5.41) is 2.86. The summed E-state index contributed by atoms with van der Waals surface area (Å²) in [4.78, 5) is 30.7. The van der Waals surface area contributed by atoms with Gasteiger partial charge in [0.2, 0.25) is 0 Å². The Morgan fingerprint density at radius 2 is 2.12 bits per heavy atom. The van der Waals surface area contributed by atoms with E-state index in [4.69, 9.17) is 4.74 Å². The molecular weight excluding hydrogens is 374 g/mol. The van der Waals surface area contributed by atoms with Gasteiger partial charge in [-0.15, -0.1) is 0 Å². The quantitative estimate of drug-likeness (QED) is 0.830. The zero-order valence-corrected chi connectivity index (χ0v) is 16.1. The maximum Gasteiger partial charge on any atom is 0.407 e. The van der Waals surface area contributed by atoms with Crippen LogP contribution in [0.1, 0.15) is 49.7 Å². The van der Waals surface area contributed by atoms with Gasteiger partial charge in [-0.1, -0.05) is 0 Å². The van der Waals surface area contributed by atoms with E-state index < -0.39 is 11.7 Å². The lowest BCUT2D eigenvalue weighted by molar-refractivity contribution is 0.0452. The van der Waals surface area contributed by atoms with Gasteiger partial charge in [0.15, 0.2) is 0 Å². The van der Waals surface area contributed by atoms with Gasteiger partial charge in [0.05, 0.1) is 11.3 Å². The Bertz CT molecular complexity index is 628. The van der Waals surface area contributed by atoms with Crippen LogP contribution in [0.25, 0.3) is 0 Å². The molecule has 0 bridgehead atoms. The minimum atomic E-state index is -0.534. The molecule has 0 saturated carbocycles. The van der Waals surface area contributed by atoms with Crippen molar-refractivity contribution in [2.75, 3.05) is 13.1 Å². The SMILES string of the molecule is Cc1ncc(Br)cc1C(=O)N1CCCC(NC(=O)OC(C)(C)C)C1. The number of hydrogen-bond donors (Lipinski definition) is 1. The third-order valence-electron chi connectivity index (χ3n) is 3.71. The number of rotatable bonds is 2. The van der Waals surface area contributed by atoms with Crippen molar-refractivity contribution in [2.24, 2.45) is 0 Å². The van der Waals surface area contributed by atoms with Crippen LogP contribution in [0, 0.1) is 6.92 Å². The van der Waals surface area contributed by atoms with Gasteiger partial charge in [0, 0.05) is 29.8 Å². The molecule has 1 aliphatic heterocycles. The van der Waals surface area contributed by atoms with Crippen LogP contribution in [0.3, 0.4) is 0 Å². The van der Waals surface area contributed by atoms with Crippen LogP contribution in [0.15, 0.2) is 16.7 Å². The van der Waals surface area contributed by atoms with Gasteiger partial charge in [-0.25, -0.2) is 4.79 Å². The molecule has 2 amide bonds. The van der Waals surface area contributed by atoms with Crippen molar-refractivity contribution in [2.45, 2.75) is 52.2 Å². The van der Waals surface area contributed by atoms with Crippen molar-refractivity contribution in [3.05, 3.63) is 28.0 Å². The van der Waals surface area contributed by atoms with Crippen LogP contribution in [0.2, 0.25) is 0 Å². The number of aromatic nitrogens is 1. The van der Waals surface area contributed by atoms with Crippen LogP contribution in [-0.2, 0) is 4.74 Å². The lowest BCUT2D eigenvalue weighted by Crippen LogP contribution is -2.50. The molecule has 0 aromatic carbocycles. The van der Waals surface area contributed by atoms with Gasteiger partial charge in [0.25, 0.3) is 5.91 Å². The summed E-state index contributed by atoms with van der Waals surface area (Å²) in [7, 11) is 0. The molecule has 0 spiro atoms. The number of amides is 2. The van der Waals surface area contributed by atoms with Crippen LogP contribution >= 0.6 is 15.9 Å². The van der Waals surface area contributed by atoms with Gasteiger partial charge in [-0.2, -0.15) is 0 Å². The number of nitrogens with zero attached hydrogens (tertiary/aromatic N) is 2. The second kappa shape index (κ2) is 7.51. The largest absolute Gasteiger partial charge is 0.444 e. The first-order valence-electron chi connectivity index (χ1n) is 8.06. The fourth-order valence-corrected chi connectivity index (χ4v) is 2.98. The summed E-state index contributed by atoms with van der Waals surface area (Å²) in [6.45, 7) is 8.45. The normalized spacial score (nSPS) is 18.2. The van der Waals surface area contributed by atoms with E-state index in [1.807, 2.05) is 27.7 Å². The van der Waals surface area contributed by atoms with E-state index in [2.05, 4.69) is 26.2 Å². The molecule has 1 N–H and O–H groups in total. The smallest absolute Gasteiger partial charge is 0.407 e. The number of nitrogens with one attached hydrogen (secondary N) is 1. The molecule has 0 aliphatic carbocycles. The third-order valence-corrected chi connectivity index (χ3v) is 4.15. The average Bonchev–Trinajstić information content (AvgIpc) is 2.47. The number of carbonyl (C=O) groups excluding carboxylic acids is 2. The predicted octanol–water partition coefficient (Wildman–Crippen LogP) is 3.28. The van der Waals surface area contributed by atoms with Gasteiger partial charge < -0.3 is 15.0 Å². The Labute approximate surface area is 151 Å². The zero-order valence-electron chi connectivity index (χ0n) is 14.6. The first-order chi connectivity index (χ1) is 11.2. The average molecular weight is 398 g/mol. The Morgan fingerprint density at radius 1 is 1.42 bits per heavy atom. The molecule has 132 valence electrons. The molecule has 1 saturated heterocycles. The first-order valence-corrected chi connectivity index (χ1v) is 8.86. The topological polar surface area (TPSA) is 71.5 Å². The summed E-state index contributed by atoms with van der Waals surface area (Å²) in [6.07, 6.45) is 2.91. The maximum atomic E-state index is 12.8. The van der Waals surface area contributed by atoms with Gasteiger partial charge in [-0.3, -0.25) is 9.78 Å². The molecule has 7 heteroatoms. The van der Waals surface area contributed by atoms with Gasteiger partial charge in [0.1, 0.15) is 5.60 Å². The number of hydrogen-bond acceptors (Lipinski definition) is 4. The second-order valence-corrected chi connectivity index (χ2v) is 7.94. The third kappa shape index (κ3) is 5.19. The second-order valence-electron chi connectivity index (χ2n) is 7.02. The van der Waals surface area contributed by atoms with Gasteiger partial charge in [-0.05, 0) is 62.5 Å². The monoisotopic (exact) mass is 397 g/mol. The Hall–Kier alpha value is -1.63. The standard InChI is InChI=1S/C17H24BrN3O3/c1-11-14(8-12(18)9-19-11)15(22)21-7-5-6-13(10-21)20-16(23)24-17(2,3)4/h8-9,13H,5-7,10H2,1-4H3,(H,20,23). The molecule has 1 aromatic rings. The molecule has 2 rings (SSSR count). The van der Waals surface area contributed by atoms with E-state index in [0.29, 0.717) is 24.3 Å². The molecule has 6 nitrogen and oxygen atoms in total. The summed E-state index contributed by atoms with van der Waals surface area (Å²) in [5.41, 5.74) is 0.751. The van der Waals surface area contributed by atoms with Crippen molar-refractivity contribution in [3.8, 4) is 0 Å². The van der Waals surface area contributed by atoms with Crippen molar-refractivity contribution in [1.29, 1.82) is 0 Å². The molecule has 1 fully saturated rings. The van der Waals surface area contributed by atoms with Crippen LogP contribution in [-0.4, -0.2) is 46.6 Å². The van der Waals surface area contributed by atoms with Gasteiger partial charge >= 0.3 is 6.09 Å². The predicted molar refractivity (Wildman–Crippen MR) is 95.0 cm³/mol. The molecule has 1 unspecified atom stereocenters. The first kappa shape index (κ1) is 18.7. The van der Waals surface area contributed by atoms with Crippen LogP contribution in [0.5, 0.6) is 0 Å². The molecule has 24 heavy (non-hydrogen) atoms. The number of ether oxygens (including phenoxy) is 1. The number of pyridine rings is 1. The minimum Gasteiger partial charge on any atom is -0.444 e. The van der Waals surface area contributed by atoms with Crippen molar-refractivity contribution < 1.29 is 14.3 Å². The van der Waals surface area contributed by atoms with E-state index >= 15 is 0 Å². The maximum absolute atomic E-state index is 12.8. The number of aryl methyl sites for hydroxylation is 1. The zero-order chi connectivity index (χ0) is 17.9. The Morgan fingerprint density at radius 3 is 2.79 bits per heavy atom. The van der Waals surface area contributed by atoms with Crippen molar-refractivity contribution in [3.63, 3.8) is 0 Å². The lowest BCUT2D eigenvalue weighted by atomic mass is 10.0. The Kier molecular flexibility index (Phi) is 5.85. The van der Waals surface area contributed by atoms with Crippen molar-refractivity contribution in [1.82, 2.24) is 15.2 Å². The fraction of sp³-hybridized carbons (Fsp3) is 0.588. The lowest BCUT2D eigenvalue weighted by Gasteiger charge is -2.33.